The Hall–Kier alpha value is -0.610. The number of hydrogen-bond donors (Lipinski definition) is 1. The van der Waals surface area contributed by atoms with Gasteiger partial charge in [-0.25, -0.2) is 5.01 Å². The molecule has 1 rings (SSSR count). The number of nitrogens with one attached hydrogen (secondary N) is 1. The minimum Gasteiger partial charge on any atom is -0.373 e. The van der Waals surface area contributed by atoms with Gasteiger partial charge in [0.05, 0.1) is 12.2 Å². The van der Waals surface area contributed by atoms with Crippen LogP contribution in [0.1, 0.15) is 33.6 Å². The second-order valence-electron chi connectivity index (χ2n) is 3.95. The molecule has 1 fully saturated rings. The lowest BCUT2D eigenvalue weighted by Crippen LogP contribution is -2.53. The number of morpholine rings is 1. The first-order valence-corrected chi connectivity index (χ1v) is 5.31. The van der Waals surface area contributed by atoms with Crippen molar-refractivity contribution in [2.45, 2.75) is 45.8 Å². The maximum absolute atomic E-state index is 11.3. The highest BCUT2D eigenvalue weighted by atomic mass is 16.5. The fraction of sp³-hybridized carbons (Fsp3) is 0.900. The minimum absolute atomic E-state index is 0.105. The zero-order chi connectivity index (χ0) is 10.6. The fourth-order valence-electron chi connectivity index (χ4n) is 1.73. The van der Waals surface area contributed by atoms with Crippen molar-refractivity contribution in [3.63, 3.8) is 0 Å². The van der Waals surface area contributed by atoms with E-state index >= 15 is 0 Å². The molecule has 82 valence electrons. The van der Waals surface area contributed by atoms with Crippen LogP contribution in [0.4, 0.5) is 0 Å². The van der Waals surface area contributed by atoms with Crippen LogP contribution in [0, 0.1) is 0 Å². The van der Waals surface area contributed by atoms with Gasteiger partial charge < -0.3 is 4.74 Å². The summed E-state index contributed by atoms with van der Waals surface area (Å²) in [6, 6.07) is 0. The zero-order valence-electron chi connectivity index (χ0n) is 9.25. The number of carbonyl (C=O) groups excluding carboxylic acids is 1. The van der Waals surface area contributed by atoms with Crippen LogP contribution in [0.5, 0.6) is 0 Å². The summed E-state index contributed by atoms with van der Waals surface area (Å²) in [6.45, 7) is 7.60. The average molecular weight is 200 g/mol. The predicted octanol–water partition coefficient (Wildman–Crippen LogP) is 0.927. The third-order valence-corrected chi connectivity index (χ3v) is 2.18. The highest BCUT2D eigenvalue weighted by Gasteiger charge is 2.22. The molecule has 1 N–H and O–H groups in total. The van der Waals surface area contributed by atoms with Gasteiger partial charge in [0.25, 0.3) is 0 Å². The van der Waals surface area contributed by atoms with Crippen molar-refractivity contribution in [1.82, 2.24) is 10.4 Å². The van der Waals surface area contributed by atoms with E-state index in [9.17, 15) is 4.79 Å². The second kappa shape index (κ2) is 5.32. The van der Waals surface area contributed by atoms with E-state index in [1.54, 1.807) is 0 Å². The van der Waals surface area contributed by atoms with Gasteiger partial charge in [0, 0.05) is 19.5 Å². The highest BCUT2D eigenvalue weighted by Crippen LogP contribution is 2.08. The van der Waals surface area contributed by atoms with E-state index in [2.05, 4.69) is 5.43 Å². The average Bonchev–Trinajstić information content (AvgIpc) is 2.01. The molecule has 0 unspecified atom stereocenters. The van der Waals surface area contributed by atoms with Gasteiger partial charge in [-0.2, -0.15) is 0 Å². The van der Waals surface area contributed by atoms with Crippen LogP contribution >= 0.6 is 0 Å². The van der Waals surface area contributed by atoms with Crippen molar-refractivity contribution in [1.29, 1.82) is 0 Å². The smallest absolute Gasteiger partial charge is 0.234 e. The Bertz CT molecular complexity index is 187. The van der Waals surface area contributed by atoms with Crippen LogP contribution < -0.4 is 5.43 Å². The molecule has 1 aliphatic rings. The number of nitrogens with zero attached hydrogens (tertiary/aromatic N) is 1. The minimum atomic E-state index is 0.105. The van der Waals surface area contributed by atoms with Crippen LogP contribution in [-0.2, 0) is 9.53 Å². The number of carbonyl (C=O) groups is 1. The number of hydrogen-bond acceptors (Lipinski definition) is 3. The number of rotatable bonds is 3. The quantitative estimate of drug-likeness (QED) is 0.736. The monoisotopic (exact) mass is 200 g/mol. The molecular formula is C10H20N2O2. The Morgan fingerprint density at radius 2 is 2.00 bits per heavy atom. The SMILES string of the molecule is CCCC(=O)NN1C[C@@H](C)O[C@@H](C)C1. The van der Waals surface area contributed by atoms with Gasteiger partial charge in [0.1, 0.15) is 0 Å². The topological polar surface area (TPSA) is 41.6 Å². The van der Waals surface area contributed by atoms with Gasteiger partial charge in [-0.15, -0.1) is 0 Å². The Balaban J connectivity index is 2.33. The van der Waals surface area contributed by atoms with Crippen LogP contribution in [0.25, 0.3) is 0 Å². The van der Waals surface area contributed by atoms with E-state index < -0.39 is 0 Å². The molecule has 0 saturated carbocycles. The lowest BCUT2D eigenvalue weighted by molar-refractivity contribution is -0.133. The molecule has 1 aliphatic heterocycles. The standard InChI is InChI=1S/C10H20N2O2/c1-4-5-10(13)11-12-6-8(2)14-9(3)7-12/h8-9H,4-7H2,1-3H3,(H,11,13)/t8-,9+. The van der Waals surface area contributed by atoms with Crippen molar-refractivity contribution < 1.29 is 9.53 Å². The molecule has 0 aliphatic carbocycles. The van der Waals surface area contributed by atoms with Crippen molar-refractivity contribution >= 4 is 5.91 Å². The van der Waals surface area contributed by atoms with Crippen molar-refractivity contribution in [2.75, 3.05) is 13.1 Å². The third kappa shape index (κ3) is 3.64. The molecule has 1 heterocycles. The molecule has 0 aromatic heterocycles. The summed E-state index contributed by atoms with van der Waals surface area (Å²) >= 11 is 0. The van der Waals surface area contributed by atoms with Gasteiger partial charge in [0.2, 0.25) is 5.91 Å². The van der Waals surface area contributed by atoms with Crippen molar-refractivity contribution in [2.24, 2.45) is 0 Å². The summed E-state index contributed by atoms with van der Waals surface area (Å²) in [4.78, 5) is 11.3. The first kappa shape index (κ1) is 11.5. The Morgan fingerprint density at radius 1 is 1.43 bits per heavy atom. The van der Waals surface area contributed by atoms with E-state index in [1.807, 2.05) is 25.8 Å². The molecule has 14 heavy (non-hydrogen) atoms. The van der Waals surface area contributed by atoms with Crippen molar-refractivity contribution in [3.05, 3.63) is 0 Å². The van der Waals surface area contributed by atoms with Crippen LogP contribution in [0.2, 0.25) is 0 Å². The number of amides is 1. The molecule has 0 radical (unpaired) electrons. The van der Waals surface area contributed by atoms with E-state index in [-0.39, 0.29) is 18.1 Å². The van der Waals surface area contributed by atoms with Crippen LogP contribution in [0.15, 0.2) is 0 Å². The van der Waals surface area contributed by atoms with E-state index in [1.165, 1.54) is 0 Å². The number of ether oxygens (including phenoxy) is 1. The van der Waals surface area contributed by atoms with Crippen LogP contribution in [-0.4, -0.2) is 36.2 Å². The zero-order valence-corrected chi connectivity index (χ0v) is 9.25. The third-order valence-electron chi connectivity index (χ3n) is 2.18. The van der Waals surface area contributed by atoms with Gasteiger partial charge in [-0.3, -0.25) is 10.2 Å². The van der Waals surface area contributed by atoms with Crippen LogP contribution in [0.3, 0.4) is 0 Å². The Morgan fingerprint density at radius 3 is 2.50 bits per heavy atom. The van der Waals surface area contributed by atoms with E-state index in [0.717, 1.165) is 19.5 Å². The van der Waals surface area contributed by atoms with Gasteiger partial charge in [-0.05, 0) is 20.3 Å². The van der Waals surface area contributed by atoms with E-state index in [4.69, 9.17) is 4.74 Å². The molecular weight excluding hydrogens is 180 g/mol. The van der Waals surface area contributed by atoms with Gasteiger partial charge in [-0.1, -0.05) is 6.92 Å². The summed E-state index contributed by atoms with van der Waals surface area (Å²) in [6.07, 6.45) is 1.88. The maximum atomic E-state index is 11.3. The summed E-state index contributed by atoms with van der Waals surface area (Å²) < 4.78 is 5.56. The summed E-state index contributed by atoms with van der Waals surface area (Å²) in [5, 5.41) is 1.96. The number of hydrazine groups is 1. The second-order valence-corrected chi connectivity index (χ2v) is 3.95. The Labute approximate surface area is 85.6 Å². The largest absolute Gasteiger partial charge is 0.373 e. The molecule has 2 atom stereocenters. The van der Waals surface area contributed by atoms with Crippen molar-refractivity contribution in [3.8, 4) is 0 Å². The summed E-state index contributed by atoms with van der Waals surface area (Å²) in [5.74, 6) is 0.105. The van der Waals surface area contributed by atoms with Gasteiger partial charge in [0.15, 0.2) is 0 Å². The molecule has 0 spiro atoms. The molecule has 0 bridgehead atoms. The highest BCUT2D eigenvalue weighted by molar-refractivity contribution is 5.75. The molecule has 4 heteroatoms. The fourth-order valence-corrected chi connectivity index (χ4v) is 1.73. The Kier molecular flexibility index (Phi) is 4.35. The summed E-state index contributed by atoms with van der Waals surface area (Å²) in [5.41, 5.74) is 2.90. The van der Waals surface area contributed by atoms with E-state index in [0.29, 0.717) is 6.42 Å². The summed E-state index contributed by atoms with van der Waals surface area (Å²) in [7, 11) is 0. The first-order valence-electron chi connectivity index (χ1n) is 5.31. The maximum Gasteiger partial charge on any atom is 0.234 e. The lowest BCUT2D eigenvalue weighted by Gasteiger charge is -2.35. The molecule has 1 saturated heterocycles. The molecule has 1 amide bonds. The molecule has 0 aromatic rings. The van der Waals surface area contributed by atoms with Gasteiger partial charge >= 0.3 is 0 Å². The lowest BCUT2D eigenvalue weighted by atomic mass is 10.2. The first-order chi connectivity index (χ1) is 6.61. The predicted molar refractivity (Wildman–Crippen MR) is 54.6 cm³/mol. The molecule has 4 nitrogen and oxygen atoms in total. The molecule has 0 aromatic carbocycles. The normalized spacial score (nSPS) is 28.8.